The molecule has 0 aromatic heterocycles. The van der Waals surface area contributed by atoms with Crippen LogP contribution in [0.15, 0.2) is 54.6 Å². The Kier molecular flexibility index (Phi) is 8.14. The SMILES string of the molecule is CC[C@H](C(=O)NC)N(CCc1ccccc1)C(=O)COc1ccc(Cl)cc1. The fraction of sp³-hybridized carbons (Fsp3) is 0.333. The maximum absolute atomic E-state index is 12.8. The van der Waals surface area contributed by atoms with Gasteiger partial charge in [0.2, 0.25) is 5.91 Å². The van der Waals surface area contributed by atoms with Crippen molar-refractivity contribution in [1.29, 1.82) is 0 Å². The van der Waals surface area contributed by atoms with E-state index in [1.807, 2.05) is 37.3 Å². The predicted octanol–water partition coefficient (Wildman–Crippen LogP) is 3.31. The number of nitrogens with one attached hydrogen (secondary N) is 1. The molecular weight excluding hydrogens is 364 g/mol. The summed E-state index contributed by atoms with van der Waals surface area (Å²) in [5, 5.41) is 3.24. The molecule has 0 saturated heterocycles. The Morgan fingerprint density at radius 2 is 1.78 bits per heavy atom. The topological polar surface area (TPSA) is 58.6 Å². The molecule has 0 saturated carbocycles. The molecule has 5 nitrogen and oxygen atoms in total. The van der Waals surface area contributed by atoms with E-state index in [-0.39, 0.29) is 18.4 Å². The van der Waals surface area contributed by atoms with Crippen molar-refractivity contribution in [2.24, 2.45) is 0 Å². The van der Waals surface area contributed by atoms with Crippen LogP contribution in [0.3, 0.4) is 0 Å². The molecule has 0 heterocycles. The number of amides is 2. The molecule has 2 aromatic rings. The van der Waals surface area contributed by atoms with Gasteiger partial charge in [-0.2, -0.15) is 0 Å². The van der Waals surface area contributed by atoms with Crippen LogP contribution < -0.4 is 10.1 Å². The first-order valence-corrected chi connectivity index (χ1v) is 9.36. The smallest absolute Gasteiger partial charge is 0.261 e. The minimum atomic E-state index is -0.528. The highest BCUT2D eigenvalue weighted by Crippen LogP contribution is 2.16. The van der Waals surface area contributed by atoms with Crippen LogP contribution >= 0.6 is 11.6 Å². The fourth-order valence-corrected chi connectivity index (χ4v) is 2.95. The van der Waals surface area contributed by atoms with Crippen LogP contribution in [0.2, 0.25) is 5.02 Å². The summed E-state index contributed by atoms with van der Waals surface area (Å²) in [6, 6.07) is 16.2. The first-order chi connectivity index (χ1) is 13.0. The van der Waals surface area contributed by atoms with E-state index in [4.69, 9.17) is 16.3 Å². The van der Waals surface area contributed by atoms with Gasteiger partial charge in [-0.25, -0.2) is 0 Å². The van der Waals surface area contributed by atoms with Gasteiger partial charge in [0.05, 0.1) is 0 Å². The largest absolute Gasteiger partial charge is 0.484 e. The Labute approximate surface area is 165 Å². The Hall–Kier alpha value is -2.53. The lowest BCUT2D eigenvalue weighted by Gasteiger charge is -2.30. The second-order valence-corrected chi connectivity index (χ2v) is 6.54. The molecular formula is C21H25ClN2O3. The van der Waals surface area contributed by atoms with Gasteiger partial charge >= 0.3 is 0 Å². The van der Waals surface area contributed by atoms with E-state index in [1.165, 1.54) is 0 Å². The van der Waals surface area contributed by atoms with Crippen LogP contribution in [0.25, 0.3) is 0 Å². The van der Waals surface area contributed by atoms with Gasteiger partial charge in [-0.1, -0.05) is 48.9 Å². The molecule has 1 N–H and O–H groups in total. The lowest BCUT2D eigenvalue weighted by Crippen LogP contribution is -2.50. The van der Waals surface area contributed by atoms with Gasteiger partial charge in [0.1, 0.15) is 11.8 Å². The molecule has 6 heteroatoms. The normalized spacial score (nSPS) is 11.5. The van der Waals surface area contributed by atoms with Gasteiger partial charge in [-0.15, -0.1) is 0 Å². The van der Waals surface area contributed by atoms with E-state index in [1.54, 1.807) is 36.2 Å². The minimum absolute atomic E-state index is 0.135. The highest BCUT2D eigenvalue weighted by molar-refractivity contribution is 6.30. The summed E-state index contributed by atoms with van der Waals surface area (Å²) in [5.41, 5.74) is 1.11. The van der Waals surface area contributed by atoms with Crippen LogP contribution in [-0.4, -0.2) is 43.0 Å². The third-order valence-electron chi connectivity index (χ3n) is 4.29. The van der Waals surface area contributed by atoms with Crippen LogP contribution in [0.1, 0.15) is 18.9 Å². The second-order valence-electron chi connectivity index (χ2n) is 6.10. The van der Waals surface area contributed by atoms with Crippen molar-refractivity contribution in [3.63, 3.8) is 0 Å². The van der Waals surface area contributed by atoms with Crippen LogP contribution in [0.4, 0.5) is 0 Å². The van der Waals surface area contributed by atoms with Crippen LogP contribution in [0.5, 0.6) is 5.75 Å². The number of likely N-dealkylation sites (N-methyl/N-ethyl adjacent to an activating group) is 1. The first-order valence-electron chi connectivity index (χ1n) is 8.98. The highest BCUT2D eigenvalue weighted by Gasteiger charge is 2.27. The molecule has 0 radical (unpaired) electrons. The molecule has 0 aliphatic rings. The number of halogens is 1. The first kappa shape index (κ1) is 20.8. The molecule has 0 fully saturated rings. The third kappa shape index (κ3) is 6.29. The van der Waals surface area contributed by atoms with E-state index in [0.717, 1.165) is 5.56 Å². The van der Waals surface area contributed by atoms with Crippen molar-refractivity contribution in [2.45, 2.75) is 25.8 Å². The maximum Gasteiger partial charge on any atom is 0.261 e. The average Bonchev–Trinajstić information content (AvgIpc) is 2.70. The van der Waals surface area contributed by atoms with Gasteiger partial charge in [0.15, 0.2) is 6.61 Å². The van der Waals surface area contributed by atoms with Crippen molar-refractivity contribution in [3.05, 3.63) is 65.2 Å². The molecule has 0 unspecified atom stereocenters. The van der Waals surface area contributed by atoms with E-state index in [2.05, 4.69) is 5.32 Å². The van der Waals surface area contributed by atoms with E-state index in [0.29, 0.717) is 30.2 Å². The molecule has 144 valence electrons. The Morgan fingerprint density at radius 1 is 1.11 bits per heavy atom. The van der Waals surface area contributed by atoms with E-state index < -0.39 is 6.04 Å². The number of ether oxygens (including phenoxy) is 1. The number of nitrogens with zero attached hydrogens (tertiary/aromatic N) is 1. The molecule has 0 aliphatic carbocycles. The number of hydrogen-bond acceptors (Lipinski definition) is 3. The van der Waals surface area contributed by atoms with Gasteiger partial charge in [-0.05, 0) is 42.7 Å². The number of carbonyl (C=O) groups excluding carboxylic acids is 2. The quantitative estimate of drug-likeness (QED) is 0.716. The van der Waals surface area contributed by atoms with Crippen molar-refractivity contribution in [3.8, 4) is 5.75 Å². The van der Waals surface area contributed by atoms with Gasteiger partial charge in [0, 0.05) is 18.6 Å². The van der Waals surface area contributed by atoms with E-state index in [9.17, 15) is 9.59 Å². The number of hydrogen-bond donors (Lipinski definition) is 1. The van der Waals surface area contributed by atoms with Crippen molar-refractivity contribution >= 4 is 23.4 Å². The summed E-state index contributed by atoms with van der Waals surface area (Å²) in [5.74, 6) is 0.158. The predicted molar refractivity (Wildman–Crippen MR) is 107 cm³/mol. The second kappa shape index (κ2) is 10.6. The molecule has 0 bridgehead atoms. The lowest BCUT2D eigenvalue weighted by molar-refractivity contribution is -0.142. The Morgan fingerprint density at radius 3 is 2.37 bits per heavy atom. The molecule has 2 rings (SSSR count). The summed E-state index contributed by atoms with van der Waals surface area (Å²) >= 11 is 5.86. The molecule has 0 aliphatic heterocycles. The molecule has 27 heavy (non-hydrogen) atoms. The number of carbonyl (C=O) groups is 2. The van der Waals surface area contributed by atoms with E-state index >= 15 is 0 Å². The van der Waals surface area contributed by atoms with Crippen molar-refractivity contribution in [2.75, 3.05) is 20.2 Å². The third-order valence-corrected chi connectivity index (χ3v) is 4.54. The Bertz CT molecular complexity index is 735. The van der Waals surface area contributed by atoms with Gasteiger partial charge in [-0.3, -0.25) is 9.59 Å². The summed E-state index contributed by atoms with van der Waals surface area (Å²) in [6.07, 6.45) is 1.20. The summed E-state index contributed by atoms with van der Waals surface area (Å²) in [6.45, 7) is 2.20. The Balaban J connectivity index is 2.07. The molecule has 2 amide bonds. The van der Waals surface area contributed by atoms with Crippen LogP contribution in [-0.2, 0) is 16.0 Å². The monoisotopic (exact) mass is 388 g/mol. The summed E-state index contributed by atoms with van der Waals surface area (Å²) in [7, 11) is 1.58. The van der Waals surface area contributed by atoms with Crippen LogP contribution in [0, 0.1) is 0 Å². The molecule has 1 atom stereocenters. The zero-order valence-electron chi connectivity index (χ0n) is 15.7. The van der Waals surface area contributed by atoms with Crippen molar-refractivity contribution < 1.29 is 14.3 Å². The number of benzene rings is 2. The standard InChI is InChI=1S/C21H25ClN2O3/c1-3-19(21(26)23-2)24(14-13-16-7-5-4-6-8-16)20(25)15-27-18-11-9-17(22)10-12-18/h4-12,19H,3,13-15H2,1-2H3,(H,23,26)/t19-/m1/s1. The molecule has 2 aromatic carbocycles. The zero-order valence-corrected chi connectivity index (χ0v) is 16.4. The van der Waals surface area contributed by atoms with Gasteiger partial charge in [0.25, 0.3) is 5.91 Å². The summed E-state index contributed by atoms with van der Waals surface area (Å²) < 4.78 is 5.58. The van der Waals surface area contributed by atoms with Gasteiger partial charge < -0.3 is 15.0 Å². The number of rotatable bonds is 9. The van der Waals surface area contributed by atoms with Crippen molar-refractivity contribution in [1.82, 2.24) is 10.2 Å². The summed E-state index contributed by atoms with van der Waals surface area (Å²) in [4.78, 5) is 26.7. The lowest BCUT2D eigenvalue weighted by atomic mass is 10.1. The maximum atomic E-state index is 12.8. The molecule has 0 spiro atoms. The highest BCUT2D eigenvalue weighted by atomic mass is 35.5. The fourth-order valence-electron chi connectivity index (χ4n) is 2.82. The zero-order chi connectivity index (χ0) is 19.6. The average molecular weight is 389 g/mol. The minimum Gasteiger partial charge on any atom is -0.484 e.